The van der Waals surface area contributed by atoms with E-state index in [0.29, 0.717) is 0 Å². The second-order valence-electron chi connectivity index (χ2n) is 5.29. The number of phenols is 2. The molecule has 0 aromatic heterocycles. The smallest absolute Gasteiger partial charge is 0.137 e. The lowest BCUT2D eigenvalue weighted by atomic mass is 9.78. The molecule has 2 aromatic carbocycles. The van der Waals surface area contributed by atoms with E-state index in [1.807, 2.05) is 19.1 Å². The lowest BCUT2D eigenvalue weighted by molar-refractivity contribution is -0.118. The van der Waals surface area contributed by atoms with Gasteiger partial charge >= 0.3 is 0 Å². The molecule has 0 fully saturated rings. The second kappa shape index (κ2) is 6.44. The lowest BCUT2D eigenvalue weighted by Gasteiger charge is -2.25. The van der Waals surface area contributed by atoms with Crippen LogP contribution >= 0.6 is 0 Å². The van der Waals surface area contributed by atoms with E-state index in [1.165, 1.54) is 0 Å². The molecule has 2 N–H and O–H groups in total. The zero-order chi connectivity index (χ0) is 15.4. The Bertz CT molecular complexity index is 599. The minimum Gasteiger partial charge on any atom is -0.508 e. The van der Waals surface area contributed by atoms with Crippen LogP contribution in [0.2, 0.25) is 0 Å². The maximum absolute atomic E-state index is 12.2. The molecule has 0 spiro atoms. The average Bonchev–Trinajstić information content (AvgIpc) is 2.47. The molecule has 0 unspecified atom stereocenters. The van der Waals surface area contributed by atoms with Crippen LogP contribution in [0, 0.1) is 0 Å². The minimum absolute atomic E-state index is 0.0487. The molecule has 2 rings (SSSR count). The van der Waals surface area contributed by atoms with Gasteiger partial charge in [0.25, 0.3) is 0 Å². The Hall–Kier alpha value is -2.29. The zero-order valence-corrected chi connectivity index (χ0v) is 12.3. The number of carbonyl (C=O) groups excluding carboxylic acids is 1. The summed E-state index contributed by atoms with van der Waals surface area (Å²) < 4.78 is 0. The maximum atomic E-state index is 12.2. The highest BCUT2D eigenvalue weighted by Crippen LogP contribution is 2.37. The van der Waals surface area contributed by atoms with Crippen LogP contribution in [0.3, 0.4) is 0 Å². The predicted octanol–water partition coefficient (Wildman–Crippen LogP) is 3.96. The number of carbonyl (C=O) groups is 1. The van der Waals surface area contributed by atoms with Gasteiger partial charge in [0.1, 0.15) is 17.3 Å². The van der Waals surface area contributed by atoms with E-state index >= 15 is 0 Å². The first-order chi connectivity index (χ1) is 10.0. The molecule has 0 aliphatic carbocycles. The fourth-order valence-corrected chi connectivity index (χ4v) is 2.82. The van der Waals surface area contributed by atoms with E-state index in [2.05, 4.69) is 0 Å². The fraction of sp³-hybridized carbons (Fsp3) is 0.278. The molecule has 0 saturated heterocycles. The molecule has 21 heavy (non-hydrogen) atoms. The summed E-state index contributed by atoms with van der Waals surface area (Å²) in [5, 5.41) is 18.8. The Morgan fingerprint density at radius 2 is 1.33 bits per heavy atom. The molecular formula is C18H20O3. The van der Waals surface area contributed by atoms with E-state index in [9.17, 15) is 15.0 Å². The van der Waals surface area contributed by atoms with Gasteiger partial charge in [-0.3, -0.25) is 4.79 Å². The van der Waals surface area contributed by atoms with Crippen LogP contribution in [-0.4, -0.2) is 16.0 Å². The highest BCUT2D eigenvalue weighted by atomic mass is 16.3. The summed E-state index contributed by atoms with van der Waals surface area (Å²) in [6, 6.07) is 13.8. The fourth-order valence-electron chi connectivity index (χ4n) is 2.82. The lowest BCUT2D eigenvalue weighted by Crippen LogP contribution is -2.18. The van der Waals surface area contributed by atoms with Gasteiger partial charge < -0.3 is 10.2 Å². The highest BCUT2D eigenvalue weighted by molar-refractivity contribution is 5.84. The predicted molar refractivity (Wildman–Crippen MR) is 82.7 cm³/mol. The molecule has 0 heterocycles. The van der Waals surface area contributed by atoms with Crippen LogP contribution < -0.4 is 0 Å². The van der Waals surface area contributed by atoms with Crippen LogP contribution in [0.5, 0.6) is 11.5 Å². The van der Waals surface area contributed by atoms with Crippen molar-refractivity contribution in [3.8, 4) is 11.5 Å². The number of phenolic OH excluding ortho intramolecular Hbond substituents is 2. The van der Waals surface area contributed by atoms with Crippen LogP contribution in [0.1, 0.15) is 43.2 Å². The Kier molecular flexibility index (Phi) is 4.63. The van der Waals surface area contributed by atoms with Gasteiger partial charge in [-0.1, -0.05) is 31.2 Å². The summed E-state index contributed by atoms with van der Waals surface area (Å²) in [6.07, 6.45) is 0.815. The summed E-state index contributed by atoms with van der Waals surface area (Å²) >= 11 is 0. The van der Waals surface area contributed by atoms with Crippen LogP contribution in [0.25, 0.3) is 0 Å². The topological polar surface area (TPSA) is 57.5 Å². The van der Waals surface area contributed by atoms with Crippen molar-refractivity contribution < 1.29 is 15.0 Å². The largest absolute Gasteiger partial charge is 0.508 e. The molecule has 0 radical (unpaired) electrons. The molecule has 3 nitrogen and oxygen atoms in total. The zero-order valence-electron chi connectivity index (χ0n) is 12.3. The first-order valence-electron chi connectivity index (χ1n) is 7.11. The van der Waals surface area contributed by atoms with Gasteiger partial charge in [-0.25, -0.2) is 0 Å². The molecule has 0 aliphatic heterocycles. The Morgan fingerprint density at radius 1 is 0.905 bits per heavy atom. The third kappa shape index (κ3) is 3.43. The van der Waals surface area contributed by atoms with Gasteiger partial charge in [0.2, 0.25) is 0 Å². The number of hydrogen-bond acceptors (Lipinski definition) is 3. The SMILES string of the molecule is CC[C@H](c1ccc(O)cc1)[C@@H](C(C)=O)c1ccc(O)cc1. The molecule has 2 atom stereocenters. The Morgan fingerprint density at radius 3 is 1.71 bits per heavy atom. The van der Waals surface area contributed by atoms with Crippen molar-refractivity contribution in [2.24, 2.45) is 0 Å². The number of rotatable bonds is 5. The molecule has 2 aromatic rings. The second-order valence-corrected chi connectivity index (χ2v) is 5.29. The van der Waals surface area contributed by atoms with Crippen molar-refractivity contribution >= 4 is 5.78 Å². The standard InChI is InChI=1S/C18H20O3/c1-3-17(13-4-8-15(20)9-5-13)18(12(2)19)14-6-10-16(21)11-7-14/h4-11,17-18,20-21H,3H2,1-2H3/t17-,18+/m1/s1. The number of benzene rings is 2. The van der Waals surface area contributed by atoms with Crippen LogP contribution in [0.4, 0.5) is 0 Å². The third-order valence-electron chi connectivity index (χ3n) is 3.85. The average molecular weight is 284 g/mol. The van der Waals surface area contributed by atoms with E-state index in [-0.39, 0.29) is 29.1 Å². The van der Waals surface area contributed by atoms with Crippen molar-refractivity contribution in [2.45, 2.75) is 32.1 Å². The quantitative estimate of drug-likeness (QED) is 0.873. The molecule has 0 bridgehead atoms. The van der Waals surface area contributed by atoms with Gasteiger partial charge in [0.15, 0.2) is 0 Å². The first-order valence-corrected chi connectivity index (χ1v) is 7.11. The summed E-state index contributed by atoms with van der Waals surface area (Å²) in [4.78, 5) is 12.2. The summed E-state index contributed by atoms with van der Waals surface area (Å²) in [5.74, 6) is 0.310. The van der Waals surface area contributed by atoms with E-state index in [1.54, 1.807) is 43.3 Å². The van der Waals surface area contributed by atoms with E-state index < -0.39 is 0 Å². The number of aromatic hydroxyl groups is 2. The molecule has 0 aliphatic rings. The van der Waals surface area contributed by atoms with Gasteiger partial charge in [-0.05, 0) is 54.7 Å². The Balaban J connectivity index is 2.41. The number of Topliss-reactive ketones (excluding diaryl/α,β-unsaturated/α-hetero) is 1. The third-order valence-corrected chi connectivity index (χ3v) is 3.85. The summed E-state index contributed by atoms with van der Waals surface area (Å²) in [5.41, 5.74) is 1.93. The van der Waals surface area contributed by atoms with Gasteiger partial charge in [-0.2, -0.15) is 0 Å². The van der Waals surface area contributed by atoms with Crippen molar-refractivity contribution in [3.05, 3.63) is 59.7 Å². The maximum Gasteiger partial charge on any atom is 0.137 e. The molecule has 0 amide bonds. The van der Waals surface area contributed by atoms with Crippen LogP contribution in [0.15, 0.2) is 48.5 Å². The monoisotopic (exact) mass is 284 g/mol. The van der Waals surface area contributed by atoms with Crippen LogP contribution in [-0.2, 0) is 4.79 Å². The van der Waals surface area contributed by atoms with Crippen molar-refractivity contribution in [1.82, 2.24) is 0 Å². The van der Waals surface area contributed by atoms with Gasteiger partial charge in [0, 0.05) is 5.92 Å². The molecule has 3 heteroatoms. The minimum atomic E-state index is -0.250. The normalized spacial score (nSPS) is 13.6. The first kappa shape index (κ1) is 15.1. The molecule has 110 valence electrons. The van der Waals surface area contributed by atoms with Gasteiger partial charge in [-0.15, -0.1) is 0 Å². The van der Waals surface area contributed by atoms with Crippen molar-refractivity contribution in [1.29, 1.82) is 0 Å². The Labute approximate surface area is 124 Å². The van der Waals surface area contributed by atoms with E-state index in [0.717, 1.165) is 17.5 Å². The van der Waals surface area contributed by atoms with Crippen molar-refractivity contribution in [3.63, 3.8) is 0 Å². The molecular weight excluding hydrogens is 264 g/mol. The van der Waals surface area contributed by atoms with Gasteiger partial charge in [0.05, 0.1) is 0 Å². The highest BCUT2D eigenvalue weighted by Gasteiger charge is 2.27. The summed E-state index contributed by atoms with van der Waals surface area (Å²) in [6.45, 7) is 3.65. The summed E-state index contributed by atoms with van der Waals surface area (Å²) in [7, 11) is 0. The number of hydrogen-bond donors (Lipinski definition) is 2. The van der Waals surface area contributed by atoms with Crippen molar-refractivity contribution in [2.75, 3.05) is 0 Å². The number of ketones is 1. The molecule has 0 saturated carbocycles. The van der Waals surface area contributed by atoms with E-state index in [4.69, 9.17) is 0 Å².